The van der Waals surface area contributed by atoms with E-state index < -0.39 is 6.29 Å². The maximum absolute atomic E-state index is 13.6. The van der Waals surface area contributed by atoms with Crippen molar-refractivity contribution in [2.45, 2.75) is 70.1 Å². The summed E-state index contributed by atoms with van der Waals surface area (Å²) in [7, 11) is 0. The molecule has 0 unspecified atom stereocenters. The minimum absolute atomic E-state index is 0.0704. The van der Waals surface area contributed by atoms with E-state index in [0.717, 1.165) is 31.5 Å². The highest BCUT2D eigenvalue weighted by atomic mass is 19.1. The van der Waals surface area contributed by atoms with Gasteiger partial charge in [0.15, 0.2) is 5.76 Å². The lowest BCUT2D eigenvalue weighted by molar-refractivity contribution is -0.171. The third-order valence-corrected chi connectivity index (χ3v) is 7.54. The van der Waals surface area contributed by atoms with E-state index in [-0.39, 0.29) is 30.2 Å². The molecule has 0 aromatic heterocycles. The average Bonchev–Trinajstić information content (AvgIpc) is 2.88. The molecule has 3 aliphatic heterocycles. The smallest absolute Gasteiger partial charge is 0.288 e. The molecule has 0 saturated carbocycles. The molecule has 2 saturated heterocycles. The number of carbonyl (C=O) groups is 1. The molecular weight excluding hydrogens is 435 g/mol. The first kappa shape index (κ1) is 25.1. The molecule has 7 heteroatoms. The Bertz CT molecular complexity index is 816. The van der Waals surface area contributed by atoms with Gasteiger partial charge in [0.05, 0.1) is 0 Å². The average molecular weight is 475 g/mol. The minimum Gasteiger partial charge on any atom is -0.459 e. The molecule has 188 valence electrons. The highest BCUT2D eigenvalue weighted by Gasteiger charge is 2.39. The van der Waals surface area contributed by atoms with E-state index in [2.05, 4.69) is 4.90 Å². The van der Waals surface area contributed by atoms with E-state index in [1.807, 2.05) is 17.9 Å². The van der Waals surface area contributed by atoms with Gasteiger partial charge in [-0.25, -0.2) is 4.39 Å². The summed E-state index contributed by atoms with van der Waals surface area (Å²) in [6, 6.07) is 7.00. The van der Waals surface area contributed by atoms with E-state index >= 15 is 0 Å². The predicted molar refractivity (Wildman–Crippen MR) is 129 cm³/mol. The fraction of sp³-hybridized carbons (Fsp3) is 0.667. The molecule has 3 aliphatic rings. The molecule has 3 heterocycles. The van der Waals surface area contributed by atoms with Crippen molar-refractivity contribution in [1.29, 1.82) is 0 Å². The summed E-state index contributed by atoms with van der Waals surface area (Å²) in [6.07, 6.45) is 8.48. The largest absolute Gasteiger partial charge is 0.459 e. The lowest BCUT2D eigenvalue weighted by Gasteiger charge is -2.41. The number of amides is 1. The van der Waals surface area contributed by atoms with Gasteiger partial charge in [-0.3, -0.25) is 4.79 Å². The number of rotatable bonds is 8. The Labute approximate surface area is 202 Å². The van der Waals surface area contributed by atoms with Gasteiger partial charge in [-0.05, 0) is 82.3 Å². The van der Waals surface area contributed by atoms with Crippen LogP contribution in [-0.4, -0.2) is 72.5 Å². The van der Waals surface area contributed by atoms with Crippen LogP contribution in [-0.2, 0) is 14.3 Å². The van der Waals surface area contributed by atoms with Crippen molar-refractivity contribution in [3.8, 4) is 0 Å². The van der Waals surface area contributed by atoms with Crippen molar-refractivity contribution in [3.63, 3.8) is 0 Å². The molecule has 3 atom stereocenters. The van der Waals surface area contributed by atoms with Gasteiger partial charge in [0.1, 0.15) is 5.82 Å². The van der Waals surface area contributed by atoms with Crippen LogP contribution in [0.1, 0.15) is 63.4 Å². The fourth-order valence-corrected chi connectivity index (χ4v) is 5.70. The number of halogens is 1. The lowest BCUT2D eigenvalue weighted by Crippen LogP contribution is -2.49. The van der Waals surface area contributed by atoms with Crippen molar-refractivity contribution < 1.29 is 23.8 Å². The van der Waals surface area contributed by atoms with Crippen molar-refractivity contribution in [1.82, 2.24) is 9.80 Å². The highest BCUT2D eigenvalue weighted by Crippen LogP contribution is 2.40. The zero-order chi connectivity index (χ0) is 23.9. The van der Waals surface area contributed by atoms with E-state index in [4.69, 9.17) is 9.47 Å². The third-order valence-electron chi connectivity index (χ3n) is 7.54. The van der Waals surface area contributed by atoms with Crippen LogP contribution in [0.4, 0.5) is 4.39 Å². The number of allylic oxidation sites excluding steroid dienone is 1. The first-order valence-corrected chi connectivity index (χ1v) is 13.0. The molecule has 1 amide bonds. The van der Waals surface area contributed by atoms with Gasteiger partial charge in [0, 0.05) is 44.2 Å². The molecule has 1 N–H and O–H groups in total. The summed E-state index contributed by atoms with van der Waals surface area (Å²) in [6.45, 7) is 6.26. The van der Waals surface area contributed by atoms with E-state index in [1.165, 1.54) is 44.5 Å². The summed E-state index contributed by atoms with van der Waals surface area (Å²) in [5, 5.41) is 9.42. The zero-order valence-electron chi connectivity index (χ0n) is 20.3. The molecule has 2 fully saturated rings. The highest BCUT2D eigenvalue weighted by molar-refractivity contribution is 5.92. The quantitative estimate of drug-likeness (QED) is 0.616. The molecule has 0 radical (unpaired) electrons. The Kier molecular flexibility index (Phi) is 8.98. The number of benzene rings is 1. The summed E-state index contributed by atoms with van der Waals surface area (Å²) < 4.78 is 25.7. The number of aliphatic hydroxyl groups excluding tert-OH is 1. The number of nitrogens with zero attached hydrogens (tertiary/aromatic N) is 2. The van der Waals surface area contributed by atoms with Crippen LogP contribution in [0, 0.1) is 11.7 Å². The second kappa shape index (κ2) is 12.1. The maximum Gasteiger partial charge on any atom is 0.288 e. The van der Waals surface area contributed by atoms with Gasteiger partial charge in [0.25, 0.3) is 5.91 Å². The van der Waals surface area contributed by atoms with E-state index in [9.17, 15) is 14.3 Å². The minimum atomic E-state index is -0.582. The van der Waals surface area contributed by atoms with Crippen LogP contribution in [0.3, 0.4) is 0 Å². The van der Waals surface area contributed by atoms with Crippen molar-refractivity contribution in [3.05, 3.63) is 47.5 Å². The molecule has 1 aromatic carbocycles. The number of likely N-dealkylation sites (tertiary alicyclic amines) is 2. The number of aliphatic hydroxyl groups is 1. The standard InChI is InChI=1S/C27H39FN2O4/c1-2-33-27-23(7-6-18-31)24(20-8-10-21(28)11-9-20)19-25(34-27)26(32)30-16-12-22(13-17-30)29-14-4-3-5-15-29/h8-11,19,22-24,27,31H,2-7,12-18H2,1H3/t23-,24-,27-/m1/s1. The molecular formula is C27H39FN2O4. The van der Waals surface area contributed by atoms with Gasteiger partial charge in [0.2, 0.25) is 6.29 Å². The van der Waals surface area contributed by atoms with Crippen LogP contribution in [0.15, 0.2) is 36.1 Å². The second-order valence-electron chi connectivity index (χ2n) is 9.70. The van der Waals surface area contributed by atoms with Crippen molar-refractivity contribution >= 4 is 5.91 Å². The summed E-state index contributed by atoms with van der Waals surface area (Å²) in [5.41, 5.74) is 0.923. The molecule has 0 spiro atoms. The predicted octanol–water partition coefficient (Wildman–Crippen LogP) is 4.05. The van der Waals surface area contributed by atoms with E-state index in [1.54, 1.807) is 12.1 Å². The molecule has 34 heavy (non-hydrogen) atoms. The Morgan fingerprint density at radius 1 is 1.12 bits per heavy atom. The molecule has 0 aliphatic carbocycles. The van der Waals surface area contributed by atoms with Crippen LogP contribution in [0.5, 0.6) is 0 Å². The summed E-state index contributed by atoms with van der Waals surface area (Å²) >= 11 is 0. The number of hydrogen-bond donors (Lipinski definition) is 1. The molecule has 1 aromatic rings. The Morgan fingerprint density at radius 2 is 1.82 bits per heavy atom. The number of carbonyl (C=O) groups excluding carboxylic acids is 1. The fourth-order valence-electron chi connectivity index (χ4n) is 5.70. The molecule has 4 rings (SSSR count). The number of piperidine rings is 2. The van der Waals surface area contributed by atoms with Crippen molar-refractivity contribution in [2.24, 2.45) is 5.92 Å². The van der Waals surface area contributed by atoms with Crippen LogP contribution in [0.25, 0.3) is 0 Å². The Morgan fingerprint density at radius 3 is 2.47 bits per heavy atom. The zero-order valence-corrected chi connectivity index (χ0v) is 20.3. The van der Waals surface area contributed by atoms with Gasteiger partial charge < -0.3 is 24.4 Å². The third kappa shape index (κ3) is 5.99. The molecule has 6 nitrogen and oxygen atoms in total. The summed E-state index contributed by atoms with van der Waals surface area (Å²) in [4.78, 5) is 18.0. The van der Waals surface area contributed by atoms with Crippen LogP contribution < -0.4 is 0 Å². The SMILES string of the molecule is CCO[C@@H]1OC(C(=O)N2CCC(N3CCCCC3)CC2)=C[C@H](c2ccc(F)cc2)[C@H]1CCCO. The Hall–Kier alpha value is -1.96. The summed E-state index contributed by atoms with van der Waals surface area (Å²) in [5.74, 6) is -0.277. The van der Waals surface area contributed by atoms with E-state index in [0.29, 0.717) is 31.2 Å². The first-order valence-electron chi connectivity index (χ1n) is 13.0. The van der Waals surface area contributed by atoms with Gasteiger partial charge in [-0.2, -0.15) is 0 Å². The van der Waals surface area contributed by atoms with Crippen LogP contribution >= 0.6 is 0 Å². The van der Waals surface area contributed by atoms with Gasteiger partial charge in [-0.15, -0.1) is 0 Å². The van der Waals surface area contributed by atoms with Gasteiger partial charge >= 0.3 is 0 Å². The normalized spacial score (nSPS) is 26.7. The van der Waals surface area contributed by atoms with Crippen molar-refractivity contribution in [2.75, 3.05) is 39.4 Å². The first-order chi connectivity index (χ1) is 16.6. The van der Waals surface area contributed by atoms with Crippen LogP contribution in [0.2, 0.25) is 0 Å². The molecule has 0 bridgehead atoms. The monoisotopic (exact) mass is 474 g/mol. The lowest BCUT2D eigenvalue weighted by atomic mass is 9.80. The number of hydrogen-bond acceptors (Lipinski definition) is 5. The topological polar surface area (TPSA) is 62.2 Å². The second-order valence-corrected chi connectivity index (χ2v) is 9.70. The van der Waals surface area contributed by atoms with Gasteiger partial charge in [-0.1, -0.05) is 18.6 Å². The maximum atomic E-state index is 13.6. The number of ether oxygens (including phenoxy) is 2. The Balaban J connectivity index is 1.51.